The predicted molar refractivity (Wildman–Crippen MR) is 43.2 cm³/mol. The number of hydrogen-bond acceptors (Lipinski definition) is 3. The molecule has 0 radical (unpaired) electrons. The molecule has 0 aromatic heterocycles. The van der Waals surface area contributed by atoms with Gasteiger partial charge in [-0.3, -0.25) is 4.57 Å². The monoisotopic (exact) mass is 188 g/mol. The van der Waals surface area contributed by atoms with E-state index in [1.807, 2.05) is 6.92 Å². The lowest BCUT2D eigenvalue weighted by Crippen LogP contribution is -1.82. The minimum atomic E-state index is -2.80. The summed E-state index contributed by atoms with van der Waals surface area (Å²) < 4.78 is 15.7. The van der Waals surface area contributed by atoms with Gasteiger partial charge in [-0.2, -0.15) is 0 Å². The van der Waals surface area contributed by atoms with Crippen molar-refractivity contribution in [2.45, 2.75) is 13.3 Å². The minimum absolute atomic E-state index is 0.474. The second kappa shape index (κ2) is 4.62. The fourth-order valence-electron chi connectivity index (χ4n) is 0.253. The molecule has 0 heterocycles. The summed E-state index contributed by atoms with van der Waals surface area (Å²) in [6.45, 7) is 2.42. The fraction of sp³-hybridized carbons (Fsp3) is 1.00. The predicted octanol–water partition coefficient (Wildman–Crippen LogP) is 3.12. The number of hydrogen-bond donors (Lipinski definition) is 0. The summed E-state index contributed by atoms with van der Waals surface area (Å²) >= 11 is 6.46. The molecule has 0 aliphatic rings. The van der Waals surface area contributed by atoms with Crippen molar-refractivity contribution < 1.29 is 9.09 Å². The molecular weight excluding hydrogens is 179 g/mol. The van der Waals surface area contributed by atoms with Crippen LogP contribution in [0.2, 0.25) is 0 Å². The molecule has 0 aliphatic heterocycles. The van der Waals surface area contributed by atoms with Crippen LogP contribution in [0.25, 0.3) is 0 Å². The molecule has 2 nitrogen and oxygen atoms in total. The molecule has 56 valence electrons. The van der Waals surface area contributed by atoms with Crippen LogP contribution in [0.15, 0.2) is 0 Å². The van der Waals surface area contributed by atoms with E-state index in [9.17, 15) is 4.57 Å². The van der Waals surface area contributed by atoms with E-state index < -0.39 is 5.92 Å². The third-order valence-corrected chi connectivity index (χ3v) is 4.75. The Hall–Kier alpha value is 0.830. The molecule has 1 unspecified atom stereocenters. The minimum Gasteiger partial charge on any atom is -0.310 e. The molecule has 0 saturated heterocycles. The third-order valence-electron chi connectivity index (χ3n) is 0.668. The first kappa shape index (κ1) is 9.83. The van der Waals surface area contributed by atoms with E-state index in [0.29, 0.717) is 6.61 Å². The molecule has 0 amide bonds. The Balaban J connectivity index is 3.46. The highest BCUT2D eigenvalue weighted by atomic mass is 35.7. The molecule has 0 N–H and O–H groups in total. The van der Waals surface area contributed by atoms with E-state index in [1.165, 1.54) is 0 Å². The van der Waals surface area contributed by atoms with Crippen molar-refractivity contribution in [3.63, 3.8) is 0 Å². The Morgan fingerprint density at radius 3 is 2.67 bits per heavy atom. The summed E-state index contributed by atoms with van der Waals surface area (Å²) in [5.74, 6) is -2.80. The van der Waals surface area contributed by atoms with Crippen molar-refractivity contribution in [3.05, 3.63) is 0 Å². The Morgan fingerprint density at radius 2 is 2.33 bits per heavy atom. The number of rotatable bonds is 4. The Bertz CT molecular complexity index is 119. The molecular formula is C4H10ClO2PS. The van der Waals surface area contributed by atoms with Gasteiger partial charge in [0.1, 0.15) is 0 Å². The van der Waals surface area contributed by atoms with E-state index in [4.69, 9.17) is 15.8 Å². The lowest BCUT2D eigenvalue weighted by molar-refractivity contribution is 0.334. The van der Waals surface area contributed by atoms with Gasteiger partial charge in [0.2, 0.25) is 0 Å². The molecule has 0 aromatic carbocycles. The third kappa shape index (κ3) is 5.28. The average molecular weight is 189 g/mol. The lowest BCUT2D eigenvalue weighted by Gasteiger charge is -2.05. The first-order chi connectivity index (χ1) is 4.12. The van der Waals surface area contributed by atoms with Gasteiger partial charge in [-0.25, -0.2) is 0 Å². The van der Waals surface area contributed by atoms with Gasteiger partial charge in [-0.05, 0) is 23.9 Å². The fourth-order valence-corrected chi connectivity index (χ4v) is 1.51. The van der Waals surface area contributed by atoms with Gasteiger partial charge < -0.3 is 4.52 Å². The first-order valence-electron chi connectivity index (χ1n) is 2.62. The Labute approximate surface area is 64.3 Å². The molecule has 0 rings (SSSR count). The summed E-state index contributed by atoms with van der Waals surface area (Å²) in [6.07, 6.45) is 2.51. The maximum absolute atomic E-state index is 10.8. The van der Waals surface area contributed by atoms with Gasteiger partial charge in [0, 0.05) is 0 Å². The zero-order valence-electron chi connectivity index (χ0n) is 5.46. The van der Waals surface area contributed by atoms with Crippen LogP contribution >= 0.6 is 28.5 Å². The summed E-state index contributed by atoms with van der Waals surface area (Å²) in [5, 5.41) is 0. The van der Waals surface area contributed by atoms with E-state index in [2.05, 4.69) is 0 Å². The van der Waals surface area contributed by atoms with Crippen LogP contribution in [-0.2, 0) is 9.09 Å². The molecule has 1 atom stereocenters. The van der Waals surface area contributed by atoms with Crippen molar-refractivity contribution >= 4 is 28.5 Å². The maximum atomic E-state index is 10.8. The standard InChI is InChI=1S/C4H10ClO2PS/c1-3-4-7-8(5,6)9-2/h3-4H2,1-2H3. The van der Waals surface area contributed by atoms with Gasteiger partial charge in [0.15, 0.2) is 0 Å². The van der Waals surface area contributed by atoms with Gasteiger partial charge in [0.05, 0.1) is 6.61 Å². The zero-order chi connectivity index (χ0) is 7.33. The largest absolute Gasteiger partial charge is 0.346 e. The van der Waals surface area contributed by atoms with E-state index in [1.54, 1.807) is 6.26 Å². The van der Waals surface area contributed by atoms with Gasteiger partial charge in [-0.15, -0.1) is 0 Å². The average Bonchev–Trinajstić information content (AvgIpc) is 1.84. The molecule has 0 aromatic rings. The topological polar surface area (TPSA) is 26.3 Å². The molecule has 0 aliphatic carbocycles. The Kier molecular flexibility index (Phi) is 5.04. The normalized spacial score (nSPS) is 17.2. The molecule has 5 heteroatoms. The first-order valence-corrected chi connectivity index (χ1v) is 6.98. The highest BCUT2D eigenvalue weighted by molar-refractivity contribution is 8.63. The second-order valence-corrected chi connectivity index (χ2v) is 7.41. The molecule has 0 spiro atoms. The van der Waals surface area contributed by atoms with Gasteiger partial charge in [-0.1, -0.05) is 18.3 Å². The van der Waals surface area contributed by atoms with E-state index in [-0.39, 0.29) is 0 Å². The summed E-state index contributed by atoms with van der Waals surface area (Å²) in [5.41, 5.74) is 0. The smallest absolute Gasteiger partial charge is 0.310 e. The quantitative estimate of drug-likeness (QED) is 0.634. The van der Waals surface area contributed by atoms with Crippen LogP contribution in [-0.4, -0.2) is 12.9 Å². The SMILES string of the molecule is CCCOP(=O)(Cl)SC. The molecule has 0 bridgehead atoms. The van der Waals surface area contributed by atoms with Crippen LogP contribution < -0.4 is 0 Å². The van der Waals surface area contributed by atoms with Crippen LogP contribution in [0.3, 0.4) is 0 Å². The summed E-state index contributed by atoms with van der Waals surface area (Å²) in [6, 6.07) is 0. The van der Waals surface area contributed by atoms with Crippen molar-refractivity contribution in [2.75, 3.05) is 12.9 Å². The highest BCUT2D eigenvalue weighted by Crippen LogP contribution is 2.62. The lowest BCUT2D eigenvalue weighted by atomic mass is 10.5. The van der Waals surface area contributed by atoms with Crippen molar-refractivity contribution in [1.29, 1.82) is 0 Å². The van der Waals surface area contributed by atoms with Gasteiger partial charge >= 0.3 is 5.92 Å². The van der Waals surface area contributed by atoms with Crippen LogP contribution in [0, 0.1) is 0 Å². The zero-order valence-corrected chi connectivity index (χ0v) is 7.93. The maximum Gasteiger partial charge on any atom is 0.346 e. The second-order valence-electron chi connectivity index (χ2n) is 1.45. The summed E-state index contributed by atoms with van der Waals surface area (Å²) in [4.78, 5) is 0. The van der Waals surface area contributed by atoms with E-state index >= 15 is 0 Å². The summed E-state index contributed by atoms with van der Waals surface area (Å²) in [7, 11) is 0. The van der Waals surface area contributed by atoms with Crippen molar-refractivity contribution in [2.24, 2.45) is 0 Å². The van der Waals surface area contributed by atoms with Crippen LogP contribution in [0.4, 0.5) is 0 Å². The Morgan fingerprint density at radius 1 is 1.78 bits per heavy atom. The van der Waals surface area contributed by atoms with E-state index in [0.717, 1.165) is 17.8 Å². The number of halogens is 1. The van der Waals surface area contributed by atoms with Crippen LogP contribution in [0.5, 0.6) is 0 Å². The van der Waals surface area contributed by atoms with Gasteiger partial charge in [0.25, 0.3) is 0 Å². The highest BCUT2D eigenvalue weighted by Gasteiger charge is 2.15. The van der Waals surface area contributed by atoms with Crippen molar-refractivity contribution in [1.82, 2.24) is 0 Å². The van der Waals surface area contributed by atoms with Crippen LogP contribution in [0.1, 0.15) is 13.3 Å². The van der Waals surface area contributed by atoms with Crippen molar-refractivity contribution in [3.8, 4) is 0 Å². The molecule has 9 heavy (non-hydrogen) atoms. The molecule has 0 saturated carbocycles. The molecule has 0 fully saturated rings.